The predicted molar refractivity (Wildman–Crippen MR) is 65.7 cm³/mol. The molecule has 17 heavy (non-hydrogen) atoms. The fourth-order valence-electron chi connectivity index (χ4n) is 1.49. The van der Waals surface area contributed by atoms with Crippen molar-refractivity contribution in [3.8, 4) is 5.75 Å². The van der Waals surface area contributed by atoms with Crippen LogP contribution in [0.15, 0.2) is 24.3 Å². The van der Waals surface area contributed by atoms with Gasteiger partial charge in [0.15, 0.2) is 0 Å². The minimum atomic E-state index is -0.0282. The molecule has 0 unspecified atom stereocenters. The van der Waals surface area contributed by atoms with E-state index in [0.717, 1.165) is 23.0 Å². The van der Waals surface area contributed by atoms with Gasteiger partial charge in [-0.1, -0.05) is 11.4 Å². The van der Waals surface area contributed by atoms with Crippen LogP contribution >= 0.6 is 11.5 Å². The van der Waals surface area contributed by atoms with Crippen LogP contribution in [0.3, 0.4) is 0 Å². The molecule has 0 saturated heterocycles. The molecule has 0 radical (unpaired) electrons. The van der Waals surface area contributed by atoms with Crippen LogP contribution in [0.4, 0.5) is 0 Å². The van der Waals surface area contributed by atoms with Crippen molar-refractivity contribution in [1.82, 2.24) is 9.59 Å². The summed E-state index contributed by atoms with van der Waals surface area (Å²) >= 11 is 1.15. The number of hydrogen-bond donors (Lipinski definition) is 0. The summed E-state index contributed by atoms with van der Waals surface area (Å²) < 4.78 is 8.87. The number of rotatable bonds is 4. The minimum absolute atomic E-state index is 0.0282. The van der Waals surface area contributed by atoms with Gasteiger partial charge in [-0.25, -0.2) is 0 Å². The van der Waals surface area contributed by atoms with E-state index in [2.05, 4.69) is 9.59 Å². The maximum atomic E-state index is 12.2. The maximum absolute atomic E-state index is 12.2. The zero-order valence-corrected chi connectivity index (χ0v) is 10.5. The summed E-state index contributed by atoms with van der Waals surface area (Å²) in [7, 11) is 1.60. The number of hydrogen-bond acceptors (Lipinski definition) is 5. The van der Waals surface area contributed by atoms with Gasteiger partial charge in [0.25, 0.3) is 0 Å². The minimum Gasteiger partial charge on any atom is -0.497 e. The highest BCUT2D eigenvalue weighted by molar-refractivity contribution is 7.08. The van der Waals surface area contributed by atoms with Gasteiger partial charge >= 0.3 is 0 Å². The van der Waals surface area contributed by atoms with Crippen molar-refractivity contribution in [3.63, 3.8) is 0 Å². The lowest BCUT2D eigenvalue weighted by molar-refractivity contribution is 0.104. The molecule has 1 aromatic heterocycles. The molecule has 0 N–H and O–H groups in total. The summed E-state index contributed by atoms with van der Waals surface area (Å²) in [5.41, 5.74) is 1.39. The molecule has 0 bridgehead atoms. The third kappa shape index (κ3) is 2.34. The highest BCUT2D eigenvalue weighted by atomic mass is 32.1. The second kappa shape index (κ2) is 5.05. The Hall–Kier alpha value is -1.75. The monoisotopic (exact) mass is 248 g/mol. The van der Waals surface area contributed by atoms with Crippen molar-refractivity contribution in [2.45, 2.75) is 13.3 Å². The molecule has 88 valence electrons. The van der Waals surface area contributed by atoms with Gasteiger partial charge < -0.3 is 4.74 Å². The molecule has 1 heterocycles. The Kier molecular flexibility index (Phi) is 3.49. The topological polar surface area (TPSA) is 52.1 Å². The first-order valence-corrected chi connectivity index (χ1v) is 6.03. The molecule has 4 nitrogen and oxygen atoms in total. The normalized spacial score (nSPS) is 10.2. The van der Waals surface area contributed by atoms with Gasteiger partial charge in [0.2, 0.25) is 5.78 Å². The molecule has 0 saturated carbocycles. The van der Waals surface area contributed by atoms with Gasteiger partial charge in [0, 0.05) is 5.56 Å². The number of carbonyl (C=O) groups is 1. The Labute approximate surface area is 103 Å². The molecular formula is C12H12N2O2S. The van der Waals surface area contributed by atoms with Crippen LogP contribution in [-0.4, -0.2) is 22.5 Å². The lowest BCUT2D eigenvalue weighted by Gasteiger charge is -2.01. The first-order chi connectivity index (χ1) is 8.26. The molecule has 0 spiro atoms. The molecule has 0 fully saturated rings. The van der Waals surface area contributed by atoms with Crippen molar-refractivity contribution >= 4 is 17.3 Å². The fraction of sp³-hybridized carbons (Fsp3) is 0.250. The van der Waals surface area contributed by atoms with Crippen molar-refractivity contribution in [3.05, 3.63) is 40.4 Å². The predicted octanol–water partition coefficient (Wildman–Crippen LogP) is 2.34. The van der Waals surface area contributed by atoms with Crippen LogP contribution in [0, 0.1) is 0 Å². The average Bonchev–Trinajstić information content (AvgIpc) is 2.86. The van der Waals surface area contributed by atoms with Gasteiger partial charge in [0.05, 0.1) is 12.8 Å². The van der Waals surface area contributed by atoms with Gasteiger partial charge in [-0.2, -0.15) is 0 Å². The number of aryl methyl sites for hydroxylation is 1. The fourth-order valence-corrected chi connectivity index (χ4v) is 2.20. The van der Waals surface area contributed by atoms with E-state index in [1.165, 1.54) is 0 Å². The summed E-state index contributed by atoms with van der Waals surface area (Å²) in [4.78, 5) is 12.8. The number of ether oxygens (including phenoxy) is 1. The number of carbonyl (C=O) groups excluding carboxylic acids is 1. The Balaban J connectivity index is 2.30. The van der Waals surface area contributed by atoms with Gasteiger partial charge in [0.1, 0.15) is 10.6 Å². The van der Waals surface area contributed by atoms with E-state index >= 15 is 0 Å². The van der Waals surface area contributed by atoms with Crippen molar-refractivity contribution in [2.75, 3.05) is 7.11 Å². The van der Waals surface area contributed by atoms with Crippen molar-refractivity contribution < 1.29 is 9.53 Å². The third-order valence-corrected chi connectivity index (χ3v) is 3.22. The summed E-state index contributed by atoms with van der Waals surface area (Å²) in [5.74, 6) is 0.708. The van der Waals surface area contributed by atoms with Crippen LogP contribution < -0.4 is 4.74 Å². The van der Waals surface area contributed by atoms with Crippen LogP contribution in [0.1, 0.15) is 27.9 Å². The smallest absolute Gasteiger partial charge is 0.206 e. The molecule has 2 rings (SSSR count). The molecule has 0 aliphatic heterocycles. The number of benzene rings is 1. The highest BCUT2D eigenvalue weighted by Crippen LogP contribution is 2.19. The van der Waals surface area contributed by atoms with E-state index in [4.69, 9.17) is 4.74 Å². The quantitative estimate of drug-likeness (QED) is 0.779. The van der Waals surface area contributed by atoms with E-state index in [9.17, 15) is 4.79 Å². The van der Waals surface area contributed by atoms with E-state index in [0.29, 0.717) is 16.9 Å². The molecule has 2 aromatic rings. The zero-order chi connectivity index (χ0) is 12.3. The van der Waals surface area contributed by atoms with Crippen molar-refractivity contribution in [2.24, 2.45) is 0 Å². The second-order valence-corrected chi connectivity index (χ2v) is 4.21. The van der Waals surface area contributed by atoms with Gasteiger partial charge in [-0.3, -0.25) is 4.79 Å². The number of ketones is 1. The molecule has 0 amide bonds. The largest absolute Gasteiger partial charge is 0.497 e. The summed E-state index contributed by atoms with van der Waals surface area (Å²) in [5, 5.41) is 3.94. The maximum Gasteiger partial charge on any atom is 0.206 e. The Morgan fingerprint density at radius 3 is 2.65 bits per heavy atom. The number of aromatic nitrogens is 2. The summed E-state index contributed by atoms with van der Waals surface area (Å²) in [6.07, 6.45) is 0.716. The molecule has 0 aliphatic carbocycles. The first kappa shape index (κ1) is 11.7. The van der Waals surface area contributed by atoms with E-state index in [1.807, 2.05) is 6.92 Å². The Morgan fingerprint density at radius 2 is 2.06 bits per heavy atom. The Morgan fingerprint density at radius 1 is 1.35 bits per heavy atom. The molecule has 0 atom stereocenters. The zero-order valence-electron chi connectivity index (χ0n) is 9.64. The second-order valence-electron chi connectivity index (χ2n) is 3.46. The Bertz CT molecular complexity index is 520. The highest BCUT2D eigenvalue weighted by Gasteiger charge is 2.16. The van der Waals surface area contributed by atoms with Gasteiger partial charge in [-0.05, 0) is 42.2 Å². The van der Waals surface area contributed by atoms with Gasteiger partial charge in [-0.15, -0.1) is 5.10 Å². The summed E-state index contributed by atoms with van der Waals surface area (Å²) in [6, 6.07) is 7.04. The molecule has 1 aromatic carbocycles. The van der Waals surface area contributed by atoms with Crippen LogP contribution in [0.25, 0.3) is 0 Å². The molecule has 0 aliphatic rings. The van der Waals surface area contributed by atoms with E-state index in [-0.39, 0.29) is 5.78 Å². The molecular weight excluding hydrogens is 236 g/mol. The third-order valence-electron chi connectivity index (χ3n) is 2.45. The van der Waals surface area contributed by atoms with E-state index in [1.54, 1.807) is 31.4 Å². The number of methoxy groups -OCH3 is 1. The van der Waals surface area contributed by atoms with Crippen LogP contribution in [-0.2, 0) is 6.42 Å². The summed E-state index contributed by atoms with van der Waals surface area (Å²) in [6.45, 7) is 1.96. The SMILES string of the molecule is CCc1nnsc1C(=O)c1ccc(OC)cc1. The van der Waals surface area contributed by atoms with Crippen LogP contribution in [0.5, 0.6) is 5.75 Å². The van der Waals surface area contributed by atoms with E-state index < -0.39 is 0 Å². The first-order valence-electron chi connectivity index (χ1n) is 5.26. The van der Waals surface area contributed by atoms with Crippen LogP contribution in [0.2, 0.25) is 0 Å². The lowest BCUT2D eigenvalue weighted by atomic mass is 10.1. The molecule has 5 heteroatoms. The standard InChI is InChI=1S/C12H12N2O2S/c1-3-10-12(17-14-13-10)11(15)8-4-6-9(16-2)7-5-8/h4-7H,3H2,1-2H3. The number of nitrogens with zero attached hydrogens (tertiary/aromatic N) is 2. The van der Waals surface area contributed by atoms with Crippen molar-refractivity contribution in [1.29, 1.82) is 0 Å². The lowest BCUT2D eigenvalue weighted by Crippen LogP contribution is -2.02. The average molecular weight is 248 g/mol.